The molecule has 0 atom stereocenters. The van der Waals surface area contributed by atoms with Gasteiger partial charge in [0.05, 0.1) is 0 Å². The zero-order chi connectivity index (χ0) is 15.5. The topological polar surface area (TPSA) is 87.7 Å². The minimum atomic E-state index is -0.815. The van der Waals surface area contributed by atoms with E-state index in [1.807, 2.05) is 0 Å². The number of hydrogen-bond donors (Lipinski definition) is 3. The minimum Gasteiger partial charge on any atom is -0.409 e. The molecule has 1 aromatic rings. The Morgan fingerprint density at radius 2 is 2.05 bits per heavy atom. The van der Waals surface area contributed by atoms with Crippen LogP contribution in [0.5, 0.6) is 0 Å². The van der Waals surface area contributed by atoms with Gasteiger partial charge in [-0.25, -0.2) is 4.39 Å². The average molecular weight is 293 g/mol. The molecule has 1 aromatic carbocycles. The van der Waals surface area contributed by atoms with E-state index in [1.165, 1.54) is 18.2 Å². The van der Waals surface area contributed by atoms with Gasteiger partial charge in [0.2, 0.25) is 0 Å². The molecule has 1 saturated carbocycles. The highest BCUT2D eigenvalue weighted by atomic mass is 19.1. The lowest BCUT2D eigenvalue weighted by Crippen LogP contribution is -2.58. The molecule has 4 N–H and O–H groups in total. The maximum atomic E-state index is 13.1. The van der Waals surface area contributed by atoms with Gasteiger partial charge >= 0.3 is 0 Å². The summed E-state index contributed by atoms with van der Waals surface area (Å²) in [4.78, 5) is 12.4. The van der Waals surface area contributed by atoms with Gasteiger partial charge in [-0.2, -0.15) is 0 Å². The first-order valence-electron chi connectivity index (χ1n) is 7.05. The van der Waals surface area contributed by atoms with Crippen LogP contribution in [-0.2, 0) is 0 Å². The summed E-state index contributed by atoms with van der Waals surface area (Å²) in [5.41, 5.74) is 5.93. The maximum Gasteiger partial charge on any atom is 0.252 e. The van der Waals surface area contributed by atoms with Crippen molar-refractivity contribution in [2.75, 3.05) is 0 Å². The molecule has 1 amide bonds. The van der Waals surface area contributed by atoms with Gasteiger partial charge in [-0.15, -0.1) is 0 Å². The quantitative estimate of drug-likeness (QED) is 0.346. The van der Waals surface area contributed by atoms with Crippen LogP contribution >= 0.6 is 0 Å². The number of amides is 1. The highest BCUT2D eigenvalue weighted by molar-refractivity contribution is 6.01. The molecule has 0 aromatic heterocycles. The van der Waals surface area contributed by atoms with E-state index in [0.717, 1.165) is 19.3 Å². The SMILES string of the molecule is Cc1cc(F)ccc1C(=O)NC1(/C(N)=N/O)CCCCC1. The number of hydrogen-bond acceptors (Lipinski definition) is 3. The lowest BCUT2D eigenvalue weighted by Gasteiger charge is -2.36. The van der Waals surface area contributed by atoms with E-state index in [1.54, 1.807) is 6.92 Å². The van der Waals surface area contributed by atoms with Crippen LogP contribution in [0, 0.1) is 12.7 Å². The second-order valence-corrected chi connectivity index (χ2v) is 5.54. The molecule has 2 rings (SSSR count). The molecule has 0 heterocycles. The monoisotopic (exact) mass is 293 g/mol. The van der Waals surface area contributed by atoms with Crippen molar-refractivity contribution in [3.05, 3.63) is 35.1 Å². The number of carbonyl (C=O) groups excluding carboxylic acids is 1. The Kier molecular flexibility index (Phi) is 4.45. The van der Waals surface area contributed by atoms with Crippen LogP contribution in [0.15, 0.2) is 23.4 Å². The van der Waals surface area contributed by atoms with Crippen LogP contribution in [0.25, 0.3) is 0 Å². The number of oxime groups is 1. The Bertz CT molecular complexity index is 566. The van der Waals surface area contributed by atoms with Crippen molar-refractivity contribution in [3.8, 4) is 0 Å². The number of halogens is 1. The Morgan fingerprint density at radius 1 is 1.38 bits per heavy atom. The van der Waals surface area contributed by atoms with E-state index in [0.29, 0.717) is 24.0 Å². The van der Waals surface area contributed by atoms with Gasteiger partial charge in [0.15, 0.2) is 5.84 Å². The highest BCUT2D eigenvalue weighted by Crippen LogP contribution is 2.29. The number of aryl methyl sites for hydroxylation is 1. The third-order valence-corrected chi connectivity index (χ3v) is 4.09. The average Bonchev–Trinajstić information content (AvgIpc) is 2.47. The fraction of sp³-hybridized carbons (Fsp3) is 0.467. The first kappa shape index (κ1) is 15.3. The van der Waals surface area contributed by atoms with Gasteiger partial charge in [-0.05, 0) is 43.5 Å². The molecule has 0 radical (unpaired) electrons. The summed E-state index contributed by atoms with van der Waals surface area (Å²) in [5.74, 6) is -0.691. The molecule has 0 saturated heterocycles. The molecule has 1 fully saturated rings. The molecule has 0 bridgehead atoms. The van der Waals surface area contributed by atoms with Gasteiger partial charge in [0.25, 0.3) is 5.91 Å². The van der Waals surface area contributed by atoms with Crippen LogP contribution in [0.4, 0.5) is 4.39 Å². The van der Waals surface area contributed by atoms with Crippen LogP contribution in [0.1, 0.15) is 48.0 Å². The minimum absolute atomic E-state index is 0.0234. The zero-order valence-corrected chi connectivity index (χ0v) is 12.0. The lowest BCUT2D eigenvalue weighted by molar-refractivity contribution is 0.0905. The molecule has 6 heteroatoms. The van der Waals surface area contributed by atoms with Gasteiger partial charge in [0, 0.05) is 5.56 Å². The summed E-state index contributed by atoms with van der Waals surface area (Å²) in [6.07, 6.45) is 4.13. The summed E-state index contributed by atoms with van der Waals surface area (Å²) in [6.45, 7) is 1.68. The van der Waals surface area contributed by atoms with Gasteiger partial charge in [-0.3, -0.25) is 4.79 Å². The van der Waals surface area contributed by atoms with Gasteiger partial charge < -0.3 is 16.3 Å². The van der Waals surface area contributed by atoms with Crippen molar-refractivity contribution in [1.29, 1.82) is 0 Å². The molecular weight excluding hydrogens is 273 g/mol. The number of benzene rings is 1. The standard InChI is InChI=1S/C15H20FN3O2/c1-10-9-11(16)5-6-12(10)13(20)18-15(14(17)19-21)7-3-2-4-8-15/h5-6,9,21H,2-4,7-8H2,1H3,(H2,17,19)(H,18,20). The van der Waals surface area contributed by atoms with E-state index >= 15 is 0 Å². The van der Waals surface area contributed by atoms with E-state index in [2.05, 4.69) is 10.5 Å². The fourth-order valence-electron chi connectivity index (χ4n) is 2.86. The Labute approximate surface area is 123 Å². The van der Waals surface area contributed by atoms with Crippen molar-refractivity contribution >= 4 is 11.7 Å². The van der Waals surface area contributed by atoms with E-state index < -0.39 is 5.54 Å². The van der Waals surface area contributed by atoms with Crippen LogP contribution in [0.2, 0.25) is 0 Å². The molecule has 1 aliphatic rings. The largest absolute Gasteiger partial charge is 0.409 e. The molecule has 114 valence electrons. The van der Waals surface area contributed by atoms with E-state index in [-0.39, 0.29) is 17.6 Å². The zero-order valence-electron chi connectivity index (χ0n) is 12.0. The molecule has 0 aliphatic heterocycles. The number of nitrogens with one attached hydrogen (secondary N) is 1. The summed E-state index contributed by atoms with van der Waals surface area (Å²) < 4.78 is 13.1. The molecule has 21 heavy (non-hydrogen) atoms. The Morgan fingerprint density at radius 3 is 2.62 bits per heavy atom. The van der Waals surface area contributed by atoms with Crippen molar-refractivity contribution < 1.29 is 14.4 Å². The summed E-state index contributed by atoms with van der Waals surface area (Å²) in [7, 11) is 0. The number of nitrogens with two attached hydrogens (primary N) is 1. The first-order valence-corrected chi connectivity index (χ1v) is 7.05. The Balaban J connectivity index is 2.26. The maximum absolute atomic E-state index is 13.1. The highest BCUT2D eigenvalue weighted by Gasteiger charge is 2.38. The van der Waals surface area contributed by atoms with E-state index in [4.69, 9.17) is 10.9 Å². The van der Waals surface area contributed by atoms with E-state index in [9.17, 15) is 9.18 Å². The molecule has 1 aliphatic carbocycles. The van der Waals surface area contributed by atoms with Crippen molar-refractivity contribution in [2.24, 2.45) is 10.9 Å². The molecular formula is C15H20FN3O2. The van der Waals surface area contributed by atoms with Crippen molar-refractivity contribution in [2.45, 2.75) is 44.6 Å². The number of nitrogens with zero attached hydrogens (tertiary/aromatic N) is 1. The second kappa shape index (κ2) is 6.11. The predicted molar refractivity (Wildman–Crippen MR) is 77.8 cm³/mol. The first-order chi connectivity index (χ1) is 9.98. The number of rotatable bonds is 3. The third-order valence-electron chi connectivity index (χ3n) is 4.09. The predicted octanol–water partition coefficient (Wildman–Crippen LogP) is 2.31. The molecule has 0 unspecified atom stereocenters. The van der Waals surface area contributed by atoms with Crippen LogP contribution < -0.4 is 11.1 Å². The van der Waals surface area contributed by atoms with Gasteiger partial charge in [-0.1, -0.05) is 24.4 Å². The van der Waals surface area contributed by atoms with Crippen molar-refractivity contribution in [3.63, 3.8) is 0 Å². The molecule has 5 nitrogen and oxygen atoms in total. The summed E-state index contributed by atoms with van der Waals surface area (Å²) >= 11 is 0. The van der Waals surface area contributed by atoms with Crippen molar-refractivity contribution in [1.82, 2.24) is 5.32 Å². The second-order valence-electron chi connectivity index (χ2n) is 5.54. The van der Waals surface area contributed by atoms with Gasteiger partial charge in [0.1, 0.15) is 11.4 Å². The normalized spacial score (nSPS) is 18.3. The van der Waals surface area contributed by atoms with Crippen LogP contribution in [-0.4, -0.2) is 22.5 Å². The lowest BCUT2D eigenvalue weighted by atomic mass is 9.80. The molecule has 0 spiro atoms. The number of carbonyl (C=O) groups is 1. The summed E-state index contributed by atoms with van der Waals surface area (Å²) in [6, 6.07) is 4.01. The smallest absolute Gasteiger partial charge is 0.252 e. The number of amidine groups is 1. The van der Waals surface area contributed by atoms with Crippen LogP contribution in [0.3, 0.4) is 0 Å². The summed E-state index contributed by atoms with van der Waals surface area (Å²) in [5, 5.41) is 15.0. The fourth-order valence-corrected chi connectivity index (χ4v) is 2.86. The third kappa shape index (κ3) is 3.15. The Hall–Kier alpha value is -2.11.